The van der Waals surface area contributed by atoms with Gasteiger partial charge in [0.15, 0.2) is 0 Å². The number of hydrogen-bond acceptors (Lipinski definition) is 4. The van der Waals surface area contributed by atoms with Crippen LogP contribution in [0.1, 0.15) is 373 Å². The van der Waals surface area contributed by atoms with Crippen molar-refractivity contribution in [2.75, 3.05) is 0 Å². The topological polar surface area (TPSA) is 108 Å². The van der Waals surface area contributed by atoms with Crippen LogP contribution >= 0.6 is 0 Å². The fourth-order valence-electron chi connectivity index (χ4n) is 20.0. The zero-order valence-electron chi connectivity index (χ0n) is 96.2. The maximum atomic E-state index is 5.89. The Hall–Kier alpha value is -12.7. The fourth-order valence-corrected chi connectivity index (χ4v) is 20.0. The second-order valence-corrected chi connectivity index (χ2v) is 54.2. The number of fused-ring (bicyclic) bond motifs is 16. The third kappa shape index (κ3) is 22.9. The molecule has 0 amide bonds. The zero-order chi connectivity index (χ0) is 107. The number of hydrogen-bond donors (Lipinski definition) is 0. The van der Waals surface area contributed by atoms with Gasteiger partial charge < -0.3 is 19.9 Å². The monoisotopic (exact) mass is 2070 g/mol. The predicted octanol–water partition coefficient (Wildman–Crippen LogP) is 36.4. The van der Waals surface area contributed by atoms with Crippen molar-refractivity contribution in [3.8, 4) is 113 Å². The van der Waals surface area contributed by atoms with Crippen molar-refractivity contribution in [1.29, 1.82) is 0 Å². The molecule has 0 N–H and O–H groups in total. The van der Waals surface area contributed by atoms with Gasteiger partial charge >= 0.3 is 39.0 Å². The Balaban J connectivity index is 0.00000801. The van der Waals surface area contributed by atoms with E-state index in [1.54, 1.807) is 0 Å². The average Bonchev–Trinajstić information content (AvgIpc) is 1.60. The molecule has 10 heterocycles. The molecular weight excluding hydrogens is 1920 g/mol. The molecule has 10 heteroatoms. The van der Waals surface area contributed by atoms with Gasteiger partial charge in [-0.1, -0.05) is 443 Å². The summed E-state index contributed by atoms with van der Waals surface area (Å²) in [4.78, 5) is 47.0. The van der Waals surface area contributed by atoms with Crippen LogP contribution in [-0.2, 0) is 104 Å². The van der Waals surface area contributed by atoms with Crippen LogP contribution in [0.5, 0.6) is 0 Å². The molecule has 16 bridgehead atoms. The van der Waals surface area contributed by atoms with E-state index in [2.05, 4.69) is 528 Å². The maximum Gasteiger partial charge on any atom is 2.00 e. The first-order chi connectivity index (χ1) is 68.8. The summed E-state index contributed by atoms with van der Waals surface area (Å²) >= 11 is 0. The van der Waals surface area contributed by atoms with Crippen LogP contribution < -0.4 is 19.9 Å². The Morgan fingerprint density at radius 1 is 0.153 bits per heavy atom. The molecule has 4 aliphatic heterocycles. The molecule has 8 aromatic carbocycles. The van der Waals surface area contributed by atoms with Crippen LogP contribution in [0.3, 0.4) is 0 Å². The Labute approximate surface area is 920 Å². The smallest absolute Gasteiger partial charge is 0.657 e. The van der Waals surface area contributed by atoms with Gasteiger partial charge in [-0.15, -0.1) is 44.1 Å². The molecule has 150 heavy (non-hydrogen) atoms. The Kier molecular flexibility index (Phi) is 29.0. The van der Waals surface area contributed by atoms with Crippen molar-refractivity contribution in [2.45, 2.75) is 314 Å². The average molecular weight is 2080 g/mol. The molecule has 0 radical (unpaired) electrons. The third-order valence-corrected chi connectivity index (χ3v) is 29.8. The first-order valence-electron chi connectivity index (χ1n) is 53.1. The van der Waals surface area contributed by atoms with Crippen LogP contribution in [0.2, 0.25) is 0 Å². The van der Waals surface area contributed by atoms with Crippen molar-refractivity contribution in [3.63, 3.8) is 0 Å². The first kappa shape index (κ1) is 110. The minimum absolute atomic E-state index is 0. The van der Waals surface area contributed by atoms with Crippen LogP contribution in [0.15, 0.2) is 206 Å². The van der Waals surface area contributed by atoms with E-state index in [1.807, 2.05) is 0 Å². The van der Waals surface area contributed by atoms with Gasteiger partial charge in [0.2, 0.25) is 0 Å². The van der Waals surface area contributed by atoms with E-state index in [9.17, 15) is 0 Å². The summed E-state index contributed by atoms with van der Waals surface area (Å²) in [5, 5.41) is 0. The second kappa shape index (κ2) is 39.5. The predicted molar refractivity (Wildman–Crippen MR) is 635 cm³/mol. The van der Waals surface area contributed by atoms with Gasteiger partial charge in [-0.2, -0.15) is 0 Å². The standard InChI is InChI=1S/C140H150N8.2Zn/c1-129(2,3)93-65-87(66-94(77-93)130(4,5)6)123-109-53-49-105(141-109)121(106-50-54-110(142-106)124(88-67-95(131(7,8)9)78-96(68-88)132(10,11)12)114-58-62-118(146-114)127(117-61-57-113(123)145-117)91-73-101(137(25,26)27)81-102(74-91)138(28,29)30)85-45-41-83(42-46-85)39-37-38-40-84-43-47-86(48-44-84)122-107-51-55-111(143-107)125(89-69-97(133(13,14)15)79-98(70-89)134(16,17)18)115-59-63-119(147-115)128(92-75-103(139(31,32)33)82-104(76-92)140(34,35)36)120-64-60-116(148-120)126(112-56-52-108(122)144-112)90-71-99(135(19,20)21)80-100(72-90)136(22,23)24;;/h41-82H,1-36H3;;/q-4;2*+2. The molecule has 754 valence electrons. The van der Waals surface area contributed by atoms with Crippen molar-refractivity contribution >= 4 is 92.7 Å². The van der Waals surface area contributed by atoms with Gasteiger partial charge in [-0.05, 0) is 305 Å². The molecule has 8 nitrogen and oxygen atoms in total. The minimum atomic E-state index is -0.176. The summed E-state index contributed by atoms with van der Waals surface area (Å²) < 4.78 is 0. The van der Waals surface area contributed by atoms with Crippen molar-refractivity contribution in [2.24, 2.45) is 0 Å². The molecule has 0 fully saturated rings. The summed E-state index contributed by atoms with van der Waals surface area (Å²) in [5.41, 5.74) is 43.2. The van der Waals surface area contributed by atoms with E-state index in [4.69, 9.17) is 39.9 Å². The van der Waals surface area contributed by atoms with E-state index >= 15 is 0 Å². The van der Waals surface area contributed by atoms with E-state index < -0.39 is 0 Å². The molecule has 0 atom stereocenters. The van der Waals surface area contributed by atoms with Gasteiger partial charge in [0.25, 0.3) is 0 Å². The number of rotatable bonds is 8. The number of nitrogens with zero attached hydrogens (tertiary/aromatic N) is 8. The van der Waals surface area contributed by atoms with E-state index in [0.29, 0.717) is 0 Å². The second-order valence-electron chi connectivity index (χ2n) is 54.2. The zero-order valence-corrected chi connectivity index (χ0v) is 102. The first-order valence-corrected chi connectivity index (χ1v) is 53.1. The van der Waals surface area contributed by atoms with E-state index in [1.165, 1.54) is 66.8 Å². The Morgan fingerprint density at radius 3 is 0.393 bits per heavy atom. The number of aromatic nitrogens is 8. The molecule has 14 aromatic rings. The van der Waals surface area contributed by atoms with Crippen LogP contribution in [0.4, 0.5) is 0 Å². The molecular formula is C140H150N8Zn2. The third-order valence-electron chi connectivity index (χ3n) is 29.8. The summed E-state index contributed by atoms with van der Waals surface area (Å²) in [6, 6.07) is 77.4. The van der Waals surface area contributed by atoms with Gasteiger partial charge in [0.1, 0.15) is 0 Å². The summed E-state index contributed by atoms with van der Waals surface area (Å²) in [5.74, 6) is 13.5. The molecule has 0 saturated heterocycles. The minimum Gasteiger partial charge on any atom is -0.657 e. The normalized spacial score (nSPS) is 13.3. The molecule has 0 saturated carbocycles. The van der Waals surface area contributed by atoms with E-state index in [-0.39, 0.29) is 104 Å². The molecule has 0 aliphatic carbocycles. The summed E-state index contributed by atoms with van der Waals surface area (Å²) in [6.07, 6.45) is 17.6. The maximum absolute atomic E-state index is 5.89. The van der Waals surface area contributed by atoms with Gasteiger partial charge in [-0.25, -0.2) is 19.9 Å². The molecule has 6 aromatic heterocycles. The molecule has 4 aliphatic rings. The van der Waals surface area contributed by atoms with Gasteiger partial charge in [0, 0.05) is 11.1 Å². The Bertz CT molecular complexity index is 7550. The Morgan fingerprint density at radius 2 is 0.273 bits per heavy atom. The SMILES string of the molecule is CC(C)(C)c1cc(-c2c3nc(c(-c4cc(C(C)(C)C)cc(C(C)(C)C)c4)c4ccc([n-]4)c(-c4cc(C(C)(C)C)cc(C(C)(C)C)c4)c4nc(c(-c5ccc(C#CC#Cc6ccc(-c7c8nc(c(-c9cc(C(C)(C)C)cc(C(C)(C)C)c9)c9ccc([n-]9)c(-c9cc(C(C)(C)C)cc(C(C)(C)C)c9)c9nc(c(-c%10cc(C(C)(C)C)cc(C(C)(C)C)c%10)c%10ccc7[n-]%10)C=C9)C=C8)cc6)cc5)c5ccc2[n-]5)C=C4)C=C3)cc(C(C)(C)C)c1.[Zn+2].[Zn+2]. The van der Waals surface area contributed by atoms with E-state index in [0.717, 1.165) is 190 Å². The summed E-state index contributed by atoms with van der Waals surface area (Å²) in [7, 11) is 0. The van der Waals surface area contributed by atoms with Crippen LogP contribution in [-0.4, -0.2) is 19.9 Å². The van der Waals surface area contributed by atoms with Crippen LogP contribution in [0.25, 0.3) is 182 Å². The summed E-state index contributed by atoms with van der Waals surface area (Å²) in [6.45, 7) is 83.0. The molecule has 0 spiro atoms. The van der Waals surface area contributed by atoms with Crippen LogP contribution in [0, 0.1) is 23.7 Å². The van der Waals surface area contributed by atoms with Crippen molar-refractivity contribution in [1.82, 2.24) is 39.9 Å². The largest absolute Gasteiger partial charge is 2.00 e. The fraction of sp³-hybridized carbons (Fsp3) is 0.343. The number of benzene rings is 8. The van der Waals surface area contributed by atoms with Gasteiger partial charge in [-0.3, -0.25) is 0 Å². The molecule has 18 rings (SSSR count). The molecule has 0 unspecified atom stereocenters. The quantitative estimate of drug-likeness (QED) is 0.109. The van der Waals surface area contributed by atoms with Crippen molar-refractivity contribution in [3.05, 3.63) is 330 Å². The van der Waals surface area contributed by atoms with Gasteiger partial charge in [0.05, 0.1) is 45.6 Å². The van der Waals surface area contributed by atoms with Crippen molar-refractivity contribution < 1.29 is 39.0 Å².